The number of rotatable bonds is 6. The SMILES string of the molecule is CC(CCS(C)=O)NC(=O)[C@@H]1CC=CC[C@@H]1C(=O)O. The third-order valence-corrected chi connectivity index (χ3v) is 4.12. The van der Waals surface area contributed by atoms with Crippen LogP contribution in [0.1, 0.15) is 26.2 Å². The summed E-state index contributed by atoms with van der Waals surface area (Å²) in [5.41, 5.74) is 0. The van der Waals surface area contributed by atoms with E-state index < -0.39 is 28.6 Å². The molecule has 6 heteroatoms. The highest BCUT2D eigenvalue weighted by Gasteiger charge is 2.34. The van der Waals surface area contributed by atoms with E-state index in [4.69, 9.17) is 5.11 Å². The molecule has 0 radical (unpaired) electrons. The van der Waals surface area contributed by atoms with Gasteiger partial charge in [0.05, 0.1) is 11.8 Å². The van der Waals surface area contributed by atoms with Gasteiger partial charge in [-0.15, -0.1) is 0 Å². The summed E-state index contributed by atoms with van der Waals surface area (Å²) < 4.78 is 11.0. The van der Waals surface area contributed by atoms with Crippen molar-refractivity contribution in [3.05, 3.63) is 12.2 Å². The van der Waals surface area contributed by atoms with E-state index in [9.17, 15) is 13.8 Å². The van der Waals surface area contributed by atoms with Crippen molar-refractivity contribution in [3.8, 4) is 0 Å². The second kappa shape index (κ2) is 7.43. The van der Waals surface area contributed by atoms with Gasteiger partial charge in [-0.2, -0.15) is 0 Å². The Balaban J connectivity index is 2.53. The highest BCUT2D eigenvalue weighted by atomic mass is 32.2. The summed E-state index contributed by atoms with van der Waals surface area (Å²) in [6, 6.07) is -0.0863. The largest absolute Gasteiger partial charge is 0.481 e. The molecule has 0 saturated heterocycles. The number of carboxylic acid groups (broad SMARTS) is 1. The van der Waals surface area contributed by atoms with Crippen LogP contribution < -0.4 is 5.32 Å². The van der Waals surface area contributed by atoms with Crippen molar-refractivity contribution in [1.29, 1.82) is 0 Å². The highest BCUT2D eigenvalue weighted by molar-refractivity contribution is 7.84. The first-order chi connectivity index (χ1) is 8.91. The normalized spacial score (nSPS) is 25.6. The zero-order valence-electron chi connectivity index (χ0n) is 11.3. The van der Waals surface area contributed by atoms with Gasteiger partial charge in [0.1, 0.15) is 0 Å². The third-order valence-electron chi connectivity index (χ3n) is 3.31. The van der Waals surface area contributed by atoms with E-state index in [1.54, 1.807) is 6.26 Å². The van der Waals surface area contributed by atoms with Crippen LogP contribution in [0, 0.1) is 11.8 Å². The van der Waals surface area contributed by atoms with Gasteiger partial charge in [0.2, 0.25) is 5.91 Å². The van der Waals surface area contributed by atoms with Crippen LogP contribution in [0.15, 0.2) is 12.2 Å². The molecule has 19 heavy (non-hydrogen) atoms. The average Bonchev–Trinajstić information content (AvgIpc) is 2.36. The van der Waals surface area contributed by atoms with Crippen molar-refractivity contribution in [2.24, 2.45) is 11.8 Å². The molecule has 0 saturated carbocycles. The van der Waals surface area contributed by atoms with Gasteiger partial charge in [-0.3, -0.25) is 13.8 Å². The van der Waals surface area contributed by atoms with Crippen LogP contribution in [-0.4, -0.2) is 39.2 Å². The lowest BCUT2D eigenvalue weighted by molar-refractivity contribution is -0.147. The van der Waals surface area contributed by atoms with Crippen molar-refractivity contribution < 1.29 is 18.9 Å². The predicted octanol–water partition coefficient (Wildman–Crippen LogP) is 0.927. The van der Waals surface area contributed by atoms with Gasteiger partial charge in [0.15, 0.2) is 0 Å². The molecular formula is C13H21NO4S. The number of amides is 1. The second-order valence-corrected chi connectivity index (χ2v) is 6.52. The molecule has 0 heterocycles. The Morgan fingerprint density at radius 1 is 1.37 bits per heavy atom. The zero-order chi connectivity index (χ0) is 14.4. The lowest BCUT2D eigenvalue weighted by atomic mass is 9.82. The van der Waals surface area contributed by atoms with Crippen molar-refractivity contribution in [2.45, 2.75) is 32.2 Å². The number of hydrogen-bond acceptors (Lipinski definition) is 3. The molecule has 4 atom stereocenters. The smallest absolute Gasteiger partial charge is 0.307 e. The van der Waals surface area contributed by atoms with Crippen LogP contribution in [0.4, 0.5) is 0 Å². The maximum atomic E-state index is 12.1. The van der Waals surface area contributed by atoms with Crippen LogP contribution >= 0.6 is 0 Å². The summed E-state index contributed by atoms with van der Waals surface area (Å²) in [6.07, 6.45) is 6.80. The first kappa shape index (κ1) is 15.9. The molecule has 2 unspecified atom stereocenters. The van der Waals surface area contributed by atoms with E-state index >= 15 is 0 Å². The fourth-order valence-electron chi connectivity index (χ4n) is 2.14. The van der Waals surface area contributed by atoms with E-state index in [1.807, 2.05) is 19.1 Å². The first-order valence-corrected chi connectivity index (χ1v) is 8.12. The maximum absolute atomic E-state index is 12.1. The monoisotopic (exact) mass is 287 g/mol. The van der Waals surface area contributed by atoms with Gasteiger partial charge in [0.25, 0.3) is 0 Å². The molecule has 5 nitrogen and oxygen atoms in total. The zero-order valence-corrected chi connectivity index (χ0v) is 12.1. The molecule has 1 aliphatic rings. The van der Waals surface area contributed by atoms with Crippen LogP contribution in [0.25, 0.3) is 0 Å². The Bertz CT molecular complexity index is 394. The minimum atomic E-state index is -0.924. The summed E-state index contributed by atoms with van der Waals surface area (Å²) in [7, 11) is -0.877. The van der Waals surface area contributed by atoms with Crippen LogP contribution in [0.2, 0.25) is 0 Å². The molecule has 108 valence electrons. The molecule has 1 rings (SSSR count). The lowest BCUT2D eigenvalue weighted by Crippen LogP contribution is -2.42. The summed E-state index contributed by atoms with van der Waals surface area (Å²) in [5.74, 6) is -1.75. The van der Waals surface area contributed by atoms with E-state index in [0.717, 1.165) is 0 Å². The minimum absolute atomic E-state index is 0.0863. The molecular weight excluding hydrogens is 266 g/mol. The van der Waals surface area contributed by atoms with Gasteiger partial charge < -0.3 is 10.4 Å². The number of hydrogen-bond donors (Lipinski definition) is 2. The molecule has 1 amide bonds. The van der Waals surface area contributed by atoms with Gasteiger partial charge in [0, 0.05) is 28.9 Å². The van der Waals surface area contributed by atoms with E-state index in [2.05, 4.69) is 5.32 Å². The number of carbonyl (C=O) groups is 2. The quantitative estimate of drug-likeness (QED) is 0.712. The van der Waals surface area contributed by atoms with Gasteiger partial charge >= 0.3 is 5.97 Å². The summed E-state index contributed by atoms with van der Waals surface area (Å²) in [6.45, 7) is 1.85. The minimum Gasteiger partial charge on any atom is -0.481 e. The molecule has 0 aromatic carbocycles. The average molecular weight is 287 g/mol. The molecule has 0 aliphatic heterocycles. The molecule has 1 aliphatic carbocycles. The first-order valence-electron chi connectivity index (χ1n) is 6.40. The molecule has 0 bridgehead atoms. The van der Waals surface area contributed by atoms with Gasteiger partial charge in [-0.1, -0.05) is 12.2 Å². The topological polar surface area (TPSA) is 83.5 Å². The van der Waals surface area contributed by atoms with Crippen LogP contribution in [-0.2, 0) is 20.4 Å². The molecule has 0 spiro atoms. The maximum Gasteiger partial charge on any atom is 0.307 e. The lowest BCUT2D eigenvalue weighted by Gasteiger charge is -2.25. The summed E-state index contributed by atoms with van der Waals surface area (Å²) in [4.78, 5) is 23.2. The molecule has 0 aromatic heterocycles. The number of nitrogens with one attached hydrogen (secondary N) is 1. The highest BCUT2D eigenvalue weighted by Crippen LogP contribution is 2.26. The van der Waals surface area contributed by atoms with Crippen molar-refractivity contribution in [3.63, 3.8) is 0 Å². The fourth-order valence-corrected chi connectivity index (χ4v) is 2.83. The van der Waals surface area contributed by atoms with Gasteiger partial charge in [-0.25, -0.2) is 0 Å². The summed E-state index contributed by atoms with van der Waals surface area (Å²) in [5, 5.41) is 11.9. The van der Waals surface area contributed by atoms with Crippen molar-refractivity contribution in [2.75, 3.05) is 12.0 Å². The fraction of sp³-hybridized carbons (Fsp3) is 0.692. The van der Waals surface area contributed by atoms with Crippen molar-refractivity contribution >= 4 is 22.7 Å². The second-order valence-electron chi connectivity index (χ2n) is 4.97. The molecule has 0 fully saturated rings. The Hall–Kier alpha value is -1.17. The van der Waals surface area contributed by atoms with E-state index in [-0.39, 0.29) is 11.9 Å². The Labute approximate surface area is 115 Å². The van der Waals surface area contributed by atoms with Crippen molar-refractivity contribution in [1.82, 2.24) is 5.32 Å². The standard InChI is InChI=1S/C13H21NO4S/c1-9(7-8-19(2)18)14-12(15)10-5-3-4-6-11(10)13(16)17/h3-4,9-11H,5-8H2,1-2H3,(H,14,15)(H,16,17)/t9?,10-,11+,19?/m1/s1. The van der Waals surface area contributed by atoms with E-state index in [1.165, 1.54) is 0 Å². The van der Waals surface area contributed by atoms with Crippen LogP contribution in [0.5, 0.6) is 0 Å². The number of aliphatic carboxylic acids is 1. The van der Waals surface area contributed by atoms with Crippen LogP contribution in [0.3, 0.4) is 0 Å². The summed E-state index contributed by atoms with van der Waals surface area (Å²) >= 11 is 0. The predicted molar refractivity (Wildman–Crippen MR) is 74.1 cm³/mol. The number of carboxylic acids is 1. The van der Waals surface area contributed by atoms with E-state index in [0.29, 0.717) is 25.0 Å². The molecule has 2 N–H and O–H groups in total. The third kappa shape index (κ3) is 5.14. The Kier molecular flexibility index (Phi) is 6.21. The Morgan fingerprint density at radius 2 is 1.95 bits per heavy atom. The Morgan fingerprint density at radius 3 is 2.47 bits per heavy atom. The molecule has 0 aromatic rings. The number of allylic oxidation sites excluding steroid dienone is 2. The number of carbonyl (C=O) groups excluding carboxylic acids is 1. The van der Waals surface area contributed by atoms with Gasteiger partial charge in [-0.05, 0) is 26.2 Å².